The Morgan fingerprint density at radius 1 is 1.00 bits per heavy atom. The van der Waals surface area contributed by atoms with E-state index in [1.165, 1.54) is 5.57 Å². The Morgan fingerprint density at radius 3 is 2.55 bits per heavy atom. The maximum absolute atomic E-state index is 12.4. The molecule has 3 nitrogen and oxygen atoms in total. The maximum atomic E-state index is 12.4. The fourth-order valence-electron chi connectivity index (χ4n) is 6.30. The molecule has 3 heteroatoms. The van der Waals surface area contributed by atoms with E-state index >= 15 is 0 Å². The summed E-state index contributed by atoms with van der Waals surface area (Å²) in [6, 6.07) is 0. The van der Waals surface area contributed by atoms with E-state index in [-0.39, 0.29) is 22.9 Å². The minimum atomic E-state index is -0.816. The first kappa shape index (κ1) is 14.6. The molecule has 4 rings (SSSR count). The van der Waals surface area contributed by atoms with Crippen molar-refractivity contribution in [2.24, 2.45) is 22.7 Å². The molecule has 0 aliphatic heterocycles. The Kier molecular flexibility index (Phi) is 2.87. The van der Waals surface area contributed by atoms with Gasteiger partial charge in [0.2, 0.25) is 0 Å². The Hall–Kier alpha value is -0.960. The van der Waals surface area contributed by atoms with Crippen LogP contribution in [0.1, 0.15) is 65.2 Å². The lowest BCUT2D eigenvalue weighted by atomic mass is 9.46. The van der Waals surface area contributed by atoms with Gasteiger partial charge < -0.3 is 5.11 Å². The monoisotopic (exact) mass is 302 g/mol. The third kappa shape index (κ3) is 1.56. The second kappa shape index (κ2) is 4.31. The minimum absolute atomic E-state index is 0.0551. The molecule has 0 unspecified atom stereocenters. The molecule has 0 bridgehead atoms. The van der Waals surface area contributed by atoms with Crippen molar-refractivity contribution in [3.8, 4) is 0 Å². The summed E-state index contributed by atoms with van der Waals surface area (Å²) in [6.45, 7) is 4.29. The first-order chi connectivity index (χ1) is 10.3. The van der Waals surface area contributed by atoms with Crippen molar-refractivity contribution < 1.29 is 14.7 Å². The lowest BCUT2D eigenvalue weighted by Gasteiger charge is -2.60. The maximum Gasteiger partial charge on any atom is 0.155 e. The summed E-state index contributed by atoms with van der Waals surface area (Å²) in [5, 5.41) is 11.5. The summed E-state index contributed by atoms with van der Waals surface area (Å²) in [4.78, 5) is 24.2. The predicted octanol–water partition coefficient (Wildman–Crippen LogP) is 3.20. The Morgan fingerprint density at radius 2 is 1.77 bits per heavy atom. The number of hydrogen-bond donors (Lipinski definition) is 1. The SMILES string of the molecule is C[C@@]12CCC(=O)C=C1CC[C@H]1[C@H]2CC[C@]2(C)C(=O)CC[C@]12O. The van der Waals surface area contributed by atoms with Crippen molar-refractivity contribution >= 4 is 11.6 Å². The number of fused-ring (bicyclic) bond motifs is 5. The average Bonchev–Trinajstić information content (AvgIpc) is 2.72. The van der Waals surface area contributed by atoms with Gasteiger partial charge in [-0.05, 0) is 68.8 Å². The summed E-state index contributed by atoms with van der Waals surface area (Å²) in [7, 11) is 0. The van der Waals surface area contributed by atoms with E-state index in [1.54, 1.807) is 0 Å². The molecule has 0 aromatic carbocycles. The van der Waals surface area contributed by atoms with E-state index in [1.807, 2.05) is 13.0 Å². The molecule has 0 radical (unpaired) electrons. The molecular weight excluding hydrogens is 276 g/mol. The largest absolute Gasteiger partial charge is 0.389 e. The number of hydrogen-bond acceptors (Lipinski definition) is 3. The molecule has 0 aromatic rings. The van der Waals surface area contributed by atoms with Gasteiger partial charge in [0.25, 0.3) is 0 Å². The first-order valence-corrected chi connectivity index (χ1v) is 8.81. The van der Waals surface area contributed by atoms with Gasteiger partial charge in [0.05, 0.1) is 11.0 Å². The number of allylic oxidation sites excluding steroid dienone is 1. The number of aliphatic hydroxyl groups is 1. The molecule has 0 amide bonds. The van der Waals surface area contributed by atoms with Gasteiger partial charge in [-0.3, -0.25) is 9.59 Å². The molecule has 3 fully saturated rings. The average molecular weight is 302 g/mol. The number of rotatable bonds is 0. The molecule has 5 atom stereocenters. The second-order valence-corrected chi connectivity index (χ2v) is 8.52. The van der Waals surface area contributed by atoms with Crippen molar-refractivity contribution in [3.05, 3.63) is 11.6 Å². The third-order valence-corrected chi connectivity index (χ3v) is 7.86. The van der Waals surface area contributed by atoms with E-state index in [4.69, 9.17) is 0 Å². The minimum Gasteiger partial charge on any atom is -0.389 e. The van der Waals surface area contributed by atoms with Gasteiger partial charge in [0.1, 0.15) is 5.78 Å². The van der Waals surface area contributed by atoms with Crippen molar-refractivity contribution in [2.75, 3.05) is 0 Å². The van der Waals surface area contributed by atoms with Gasteiger partial charge in [0, 0.05) is 12.8 Å². The molecule has 1 N–H and O–H groups in total. The van der Waals surface area contributed by atoms with Crippen molar-refractivity contribution in [3.63, 3.8) is 0 Å². The van der Waals surface area contributed by atoms with Crippen LogP contribution < -0.4 is 0 Å². The highest BCUT2D eigenvalue weighted by Gasteiger charge is 2.66. The van der Waals surface area contributed by atoms with Crippen LogP contribution in [0.4, 0.5) is 0 Å². The Labute approximate surface area is 132 Å². The van der Waals surface area contributed by atoms with Gasteiger partial charge in [-0.1, -0.05) is 12.5 Å². The number of Topliss-reactive ketones (excluding diaryl/α,β-unsaturated/α-hetero) is 1. The molecule has 0 heterocycles. The molecule has 0 saturated heterocycles. The summed E-state index contributed by atoms with van der Waals surface area (Å²) >= 11 is 0. The van der Waals surface area contributed by atoms with Crippen molar-refractivity contribution in [1.29, 1.82) is 0 Å². The van der Waals surface area contributed by atoms with Crippen LogP contribution in [0, 0.1) is 22.7 Å². The summed E-state index contributed by atoms with van der Waals surface area (Å²) in [5.41, 5.74) is 0.0141. The van der Waals surface area contributed by atoms with Crippen LogP contribution in [0.3, 0.4) is 0 Å². The van der Waals surface area contributed by atoms with Gasteiger partial charge >= 0.3 is 0 Å². The van der Waals surface area contributed by atoms with Crippen LogP contribution in [-0.4, -0.2) is 22.3 Å². The van der Waals surface area contributed by atoms with Crippen LogP contribution in [0.25, 0.3) is 0 Å². The topological polar surface area (TPSA) is 54.4 Å². The molecular formula is C19H26O3. The molecule has 0 aromatic heterocycles. The smallest absolute Gasteiger partial charge is 0.155 e. The van der Waals surface area contributed by atoms with Crippen molar-refractivity contribution in [1.82, 2.24) is 0 Å². The van der Waals surface area contributed by atoms with E-state index in [2.05, 4.69) is 6.92 Å². The highest BCUT2D eigenvalue weighted by molar-refractivity contribution is 5.92. The zero-order valence-corrected chi connectivity index (χ0v) is 13.7. The molecule has 3 saturated carbocycles. The highest BCUT2D eigenvalue weighted by Crippen LogP contribution is 2.65. The van der Waals surface area contributed by atoms with E-state index < -0.39 is 11.0 Å². The molecule has 0 spiro atoms. The van der Waals surface area contributed by atoms with Crippen LogP contribution in [0.2, 0.25) is 0 Å². The normalized spacial score (nSPS) is 51.0. The van der Waals surface area contributed by atoms with E-state index in [0.717, 1.165) is 32.1 Å². The molecule has 22 heavy (non-hydrogen) atoms. The van der Waals surface area contributed by atoms with Gasteiger partial charge in [-0.2, -0.15) is 0 Å². The van der Waals surface area contributed by atoms with Gasteiger partial charge in [-0.15, -0.1) is 0 Å². The first-order valence-electron chi connectivity index (χ1n) is 8.81. The molecule has 4 aliphatic rings. The zero-order chi connectivity index (χ0) is 15.8. The van der Waals surface area contributed by atoms with Crippen LogP contribution in [0.5, 0.6) is 0 Å². The summed E-state index contributed by atoms with van der Waals surface area (Å²) < 4.78 is 0. The standard InChI is InChI=1S/C19H26O3/c1-17-8-5-13(20)11-12(17)3-4-15-14(17)6-9-18(2)16(21)7-10-19(15,18)22/h11,14-15,22H,3-10H2,1-2H3/t14-,15+,17-,18-,19+/m1/s1. The number of ketones is 2. The quantitative estimate of drug-likeness (QED) is 0.747. The zero-order valence-electron chi connectivity index (χ0n) is 13.7. The third-order valence-electron chi connectivity index (χ3n) is 7.86. The lowest BCUT2D eigenvalue weighted by molar-refractivity contribution is -0.178. The van der Waals surface area contributed by atoms with Crippen molar-refractivity contribution in [2.45, 2.75) is 70.8 Å². The Balaban J connectivity index is 1.76. The fraction of sp³-hybridized carbons (Fsp3) is 0.789. The van der Waals surface area contributed by atoms with Crippen LogP contribution >= 0.6 is 0 Å². The predicted molar refractivity (Wildman–Crippen MR) is 83.2 cm³/mol. The molecule has 4 aliphatic carbocycles. The number of carbonyl (C=O) groups excluding carboxylic acids is 2. The van der Waals surface area contributed by atoms with E-state index in [9.17, 15) is 14.7 Å². The highest BCUT2D eigenvalue weighted by atomic mass is 16.3. The summed E-state index contributed by atoms with van der Waals surface area (Å²) in [6.07, 6.45) is 8.27. The number of carbonyl (C=O) groups is 2. The summed E-state index contributed by atoms with van der Waals surface area (Å²) in [5.74, 6) is 1.16. The van der Waals surface area contributed by atoms with Gasteiger partial charge in [-0.25, -0.2) is 0 Å². The van der Waals surface area contributed by atoms with Crippen LogP contribution in [-0.2, 0) is 9.59 Å². The van der Waals surface area contributed by atoms with Gasteiger partial charge in [0.15, 0.2) is 5.78 Å². The molecule has 120 valence electrons. The Bertz CT molecular complexity index is 591. The van der Waals surface area contributed by atoms with Crippen LogP contribution in [0.15, 0.2) is 11.6 Å². The fourth-order valence-corrected chi connectivity index (χ4v) is 6.30. The second-order valence-electron chi connectivity index (χ2n) is 8.52. The van der Waals surface area contributed by atoms with E-state index in [0.29, 0.717) is 25.2 Å². The lowest BCUT2D eigenvalue weighted by Crippen LogP contribution is -2.60.